The number of carboxylic acid groups (broad SMARTS) is 1. The van der Waals surface area contributed by atoms with Crippen LogP contribution in [0.5, 0.6) is 0 Å². The van der Waals surface area contributed by atoms with Crippen molar-refractivity contribution < 1.29 is 77.0 Å². The number of benzene rings is 1. The lowest BCUT2D eigenvalue weighted by Gasteiger charge is -2.40. The first-order chi connectivity index (χ1) is 39.7. The van der Waals surface area contributed by atoms with E-state index >= 15 is 0 Å². The van der Waals surface area contributed by atoms with Crippen LogP contribution < -0.4 is 27.0 Å². The zero-order valence-corrected chi connectivity index (χ0v) is 50.6. The van der Waals surface area contributed by atoms with Gasteiger partial charge in [0.1, 0.15) is 30.9 Å². The van der Waals surface area contributed by atoms with Crippen molar-refractivity contribution in [3.63, 3.8) is 0 Å². The molecule has 1 aromatic carbocycles. The minimum absolute atomic E-state index is 0.0990. The second kappa shape index (κ2) is 34.2. The Balaban J connectivity index is 1.28. The molecule has 468 valence electrons. The number of imide groups is 1. The molecule has 4 rings (SSSR count). The van der Waals surface area contributed by atoms with Gasteiger partial charge in [-0.3, -0.25) is 33.7 Å². The highest BCUT2D eigenvalue weighted by Gasteiger charge is 2.41. The fourth-order valence-electron chi connectivity index (χ4n) is 10.6. The Labute approximate surface area is 493 Å². The molecule has 1 unspecified atom stereocenters. The molecule has 84 heavy (non-hydrogen) atoms. The molecule has 8 N–H and O–H groups in total. The number of hydrogen-bond donors (Lipinski definition) is 7. The van der Waals surface area contributed by atoms with Crippen molar-refractivity contribution in [3.8, 4) is 0 Å². The molecule has 0 spiro atoms. The van der Waals surface area contributed by atoms with Crippen molar-refractivity contribution in [2.45, 2.75) is 187 Å². The minimum atomic E-state index is -1.08. The molecular formula is C60H92N8O16. The van der Waals surface area contributed by atoms with E-state index in [2.05, 4.69) is 34.3 Å². The summed E-state index contributed by atoms with van der Waals surface area (Å²) in [5.41, 5.74) is 6.53. The number of nitrogens with one attached hydrogen (secondary N) is 4. The lowest BCUT2D eigenvalue weighted by atomic mass is 9.85. The van der Waals surface area contributed by atoms with Crippen LogP contribution in [0.4, 0.5) is 20.1 Å². The number of nitrogens with two attached hydrogens (primary N) is 1. The third-order valence-electron chi connectivity index (χ3n) is 15.0. The number of ether oxygens (including phenoxy) is 5. The Bertz CT molecular complexity index is 2460. The van der Waals surface area contributed by atoms with Gasteiger partial charge >= 0.3 is 24.2 Å². The van der Waals surface area contributed by atoms with Crippen LogP contribution in [-0.4, -0.2) is 179 Å². The van der Waals surface area contributed by atoms with Crippen molar-refractivity contribution in [1.82, 2.24) is 30.7 Å². The SMILES string of the molecule is CO[C@H](C(C)OC(C)(C)C[C@H](C)/C=C/C=C(\C)[C@H]1O[C@@H](CC(=O)O)C[C@@H](OC(=O)N2CCCN(C(=O)OCc3ccc(NC(=O)[C@H](CCCNC(N)=O)NC(=O)[C@H](NC(=O)CCCCCN4C(=O)C=CC4=O)C(C)C)cc3)CC2)[C@@H]1C)[C@@H](C)O. The molecule has 2 fully saturated rings. The molecule has 2 saturated heterocycles. The van der Waals surface area contributed by atoms with Crippen molar-refractivity contribution in [2.75, 3.05) is 51.7 Å². The van der Waals surface area contributed by atoms with Gasteiger partial charge in [0, 0.05) is 83.0 Å². The summed E-state index contributed by atoms with van der Waals surface area (Å²) >= 11 is 0. The van der Waals surface area contributed by atoms with Crippen LogP contribution in [0.25, 0.3) is 0 Å². The zero-order chi connectivity index (χ0) is 62.3. The molecular weight excluding hydrogens is 1090 g/mol. The molecule has 24 nitrogen and oxygen atoms in total. The lowest BCUT2D eigenvalue weighted by Crippen LogP contribution is -2.54. The number of primary amides is 1. The average molecular weight is 1180 g/mol. The topological polar surface area (TPSA) is 324 Å². The van der Waals surface area contributed by atoms with Gasteiger partial charge < -0.3 is 70.7 Å². The molecule has 0 aromatic heterocycles. The number of unbranched alkanes of at least 4 members (excludes halogenated alkanes) is 2. The highest BCUT2D eigenvalue weighted by molar-refractivity contribution is 6.12. The van der Waals surface area contributed by atoms with Crippen LogP contribution in [0, 0.1) is 17.8 Å². The van der Waals surface area contributed by atoms with Gasteiger partial charge in [0.25, 0.3) is 11.8 Å². The van der Waals surface area contributed by atoms with Crippen molar-refractivity contribution in [1.29, 1.82) is 0 Å². The molecule has 3 aliphatic rings. The third-order valence-corrected chi connectivity index (χ3v) is 15.0. The predicted octanol–water partition coefficient (Wildman–Crippen LogP) is 5.71. The van der Waals surface area contributed by atoms with E-state index in [4.69, 9.17) is 29.4 Å². The molecule has 0 bridgehead atoms. The maximum Gasteiger partial charge on any atom is 0.410 e. The van der Waals surface area contributed by atoms with Crippen molar-refractivity contribution in [2.24, 2.45) is 23.5 Å². The minimum Gasteiger partial charge on any atom is -0.481 e. The van der Waals surface area contributed by atoms with Crippen LogP contribution in [0.2, 0.25) is 0 Å². The summed E-state index contributed by atoms with van der Waals surface area (Å²) in [6.07, 6.45) is 6.90. The number of urea groups is 1. The van der Waals surface area contributed by atoms with Gasteiger partial charge in [0.2, 0.25) is 17.7 Å². The van der Waals surface area contributed by atoms with Crippen molar-refractivity contribution >= 4 is 59.4 Å². The van der Waals surface area contributed by atoms with Crippen LogP contribution in [-0.2, 0) is 59.1 Å². The largest absolute Gasteiger partial charge is 0.481 e. The number of nitrogens with zero attached hydrogens (tertiary/aromatic N) is 3. The Hall–Kier alpha value is -6.89. The lowest BCUT2D eigenvalue weighted by molar-refractivity contribution is -0.151. The fraction of sp³-hybridized carbons (Fsp3) is 0.650. The summed E-state index contributed by atoms with van der Waals surface area (Å²) in [7, 11) is 1.55. The number of carbonyl (C=O) groups is 9. The molecule has 9 amide bonds. The highest BCUT2D eigenvalue weighted by atomic mass is 16.6. The fourth-order valence-corrected chi connectivity index (χ4v) is 10.6. The Morgan fingerprint density at radius 2 is 1.54 bits per heavy atom. The number of allylic oxidation sites excluding steroid dienone is 3. The number of rotatable bonds is 31. The number of aliphatic hydroxyl groups is 1. The predicted molar refractivity (Wildman–Crippen MR) is 312 cm³/mol. The second-order valence-corrected chi connectivity index (χ2v) is 23.1. The van der Waals surface area contributed by atoms with E-state index in [-0.39, 0.29) is 106 Å². The summed E-state index contributed by atoms with van der Waals surface area (Å²) in [5, 5.41) is 30.6. The number of carboxylic acids is 1. The van der Waals surface area contributed by atoms with Gasteiger partial charge in [0.05, 0.1) is 36.4 Å². The number of carbonyl (C=O) groups excluding carboxylic acids is 8. The normalized spacial score (nSPS) is 20.8. The van der Waals surface area contributed by atoms with Gasteiger partial charge in [-0.2, -0.15) is 0 Å². The molecule has 24 heteroatoms. The Morgan fingerprint density at radius 1 is 0.881 bits per heavy atom. The standard InChI is InChI=1S/C60H92N8O16/c1-37(2)52(65-48(70)20-12-11-13-30-68-49(71)25-26-50(68)72)56(76)64-46(19-15-27-62-57(61)77)55(75)63-44-23-21-43(22-24-44)36-81-58(78)66-28-16-29-67(32-31-66)59(79)83-47-33-45(34-51(73)74)82-53(40(47)5)39(4)18-14-17-38(3)35-60(8,9)84-42(7)54(80-10)41(6)69/h14,17-18,21-26,37-38,40-42,45-47,52-54,69H,11-13,15-16,19-20,27-36H2,1-10H3,(H,63,75)(H,64,76)(H,65,70)(H,73,74)(H3,61,62,77)/b17-14+,39-18+/t38-,40+,41-,42?,45-,46+,47-,52-,53-,54+/m1/s1. The second-order valence-electron chi connectivity index (χ2n) is 23.1. The summed E-state index contributed by atoms with van der Waals surface area (Å²) in [4.78, 5) is 118. The van der Waals surface area contributed by atoms with E-state index in [9.17, 15) is 53.4 Å². The summed E-state index contributed by atoms with van der Waals surface area (Å²) in [5.74, 6) is -3.84. The van der Waals surface area contributed by atoms with E-state index in [0.717, 1.165) is 10.5 Å². The molecule has 10 atom stereocenters. The van der Waals surface area contributed by atoms with Crippen LogP contribution >= 0.6 is 0 Å². The van der Waals surface area contributed by atoms with Gasteiger partial charge in [-0.15, -0.1) is 0 Å². The number of hydrogen-bond acceptors (Lipinski definition) is 15. The monoisotopic (exact) mass is 1180 g/mol. The first-order valence-electron chi connectivity index (χ1n) is 29.2. The number of aliphatic hydroxyl groups excluding tert-OH is 1. The van der Waals surface area contributed by atoms with Crippen LogP contribution in [0.15, 0.2) is 60.2 Å². The van der Waals surface area contributed by atoms with Crippen LogP contribution in [0.1, 0.15) is 132 Å². The number of methoxy groups -OCH3 is 1. The third kappa shape index (κ3) is 23.3. The maximum absolute atomic E-state index is 13.8. The van der Waals surface area contributed by atoms with E-state index in [1.54, 1.807) is 52.1 Å². The Morgan fingerprint density at radius 3 is 2.14 bits per heavy atom. The molecule has 0 aliphatic carbocycles. The molecule has 3 aliphatic heterocycles. The van der Waals surface area contributed by atoms with E-state index in [1.807, 2.05) is 46.8 Å². The highest BCUT2D eigenvalue weighted by Crippen LogP contribution is 2.34. The zero-order valence-electron chi connectivity index (χ0n) is 50.6. The summed E-state index contributed by atoms with van der Waals surface area (Å²) in [6.45, 7) is 18.2. The van der Waals surface area contributed by atoms with Gasteiger partial charge in [-0.1, -0.05) is 64.5 Å². The van der Waals surface area contributed by atoms with Gasteiger partial charge in [-0.25, -0.2) is 14.4 Å². The van der Waals surface area contributed by atoms with Crippen LogP contribution in [0.3, 0.4) is 0 Å². The molecule has 0 radical (unpaired) electrons. The van der Waals surface area contributed by atoms with E-state index < -0.39 is 84.2 Å². The van der Waals surface area contributed by atoms with E-state index in [0.29, 0.717) is 56.4 Å². The first kappa shape index (κ1) is 69.6. The molecule has 0 saturated carbocycles. The Kier molecular flexibility index (Phi) is 28.3. The number of aliphatic carboxylic acids is 1. The van der Waals surface area contributed by atoms with E-state index in [1.165, 1.54) is 22.0 Å². The summed E-state index contributed by atoms with van der Waals surface area (Å²) in [6, 6.07) is 3.75. The summed E-state index contributed by atoms with van der Waals surface area (Å²) < 4.78 is 29.8. The smallest absolute Gasteiger partial charge is 0.410 e. The van der Waals surface area contributed by atoms with Gasteiger partial charge in [0.15, 0.2) is 0 Å². The maximum atomic E-state index is 13.8. The number of amides is 9. The molecule has 3 heterocycles. The first-order valence-corrected chi connectivity index (χ1v) is 29.2. The van der Waals surface area contributed by atoms with Gasteiger partial charge in [-0.05, 0) is 108 Å². The average Bonchev–Trinajstić information content (AvgIpc) is 3.77. The molecule has 1 aromatic rings. The quantitative estimate of drug-likeness (QED) is 0.0266. The number of anilines is 1. The van der Waals surface area contributed by atoms with Crippen molar-refractivity contribution in [3.05, 3.63) is 65.8 Å².